The second-order valence-corrected chi connectivity index (χ2v) is 5.51. The van der Waals surface area contributed by atoms with E-state index in [1.165, 1.54) is 19.1 Å². The van der Waals surface area contributed by atoms with Crippen molar-refractivity contribution in [1.29, 1.82) is 0 Å². The van der Waals surface area contributed by atoms with Crippen LogP contribution in [-0.4, -0.2) is 39.5 Å². The van der Waals surface area contributed by atoms with Crippen molar-refractivity contribution in [2.75, 3.05) is 32.5 Å². The van der Waals surface area contributed by atoms with Gasteiger partial charge in [-0.3, -0.25) is 0 Å². The number of anilines is 1. The summed E-state index contributed by atoms with van der Waals surface area (Å²) in [5, 5.41) is 0.448. The standard InChI is InChI=1S/C16H18ClNO5/c1-9-5-12(17)13(6-10(9)2)18-8-23-7-11(15(19)21-3)14(18)16(20)22-4/h5-6H,7-8H2,1-4H3. The number of hydrogen-bond donors (Lipinski definition) is 0. The molecular weight excluding hydrogens is 322 g/mol. The van der Waals surface area contributed by atoms with E-state index >= 15 is 0 Å². The van der Waals surface area contributed by atoms with Gasteiger partial charge in [-0.25, -0.2) is 9.59 Å². The molecule has 1 aliphatic heterocycles. The third-order valence-corrected chi connectivity index (χ3v) is 3.99. The molecule has 0 bridgehead atoms. The van der Waals surface area contributed by atoms with Gasteiger partial charge in [-0.15, -0.1) is 0 Å². The SMILES string of the molecule is COC(=O)C1=C(C(=O)OC)N(c2cc(C)c(C)cc2Cl)COC1. The van der Waals surface area contributed by atoms with Gasteiger partial charge < -0.3 is 19.1 Å². The van der Waals surface area contributed by atoms with Crippen molar-refractivity contribution in [2.45, 2.75) is 13.8 Å². The average molecular weight is 340 g/mol. The predicted molar refractivity (Wildman–Crippen MR) is 85.3 cm³/mol. The third-order valence-electron chi connectivity index (χ3n) is 3.69. The van der Waals surface area contributed by atoms with Crippen LogP contribution in [0.5, 0.6) is 0 Å². The van der Waals surface area contributed by atoms with Crippen LogP contribution in [0.3, 0.4) is 0 Å². The molecule has 2 rings (SSSR count). The predicted octanol–water partition coefficient (Wildman–Crippen LogP) is 2.35. The van der Waals surface area contributed by atoms with Crippen LogP contribution < -0.4 is 4.90 Å². The van der Waals surface area contributed by atoms with Crippen LogP contribution in [0.25, 0.3) is 0 Å². The van der Waals surface area contributed by atoms with E-state index in [2.05, 4.69) is 0 Å². The van der Waals surface area contributed by atoms with Crippen molar-refractivity contribution < 1.29 is 23.8 Å². The molecule has 0 N–H and O–H groups in total. The molecule has 0 fully saturated rings. The van der Waals surface area contributed by atoms with Gasteiger partial charge >= 0.3 is 11.9 Å². The van der Waals surface area contributed by atoms with Crippen molar-refractivity contribution in [3.63, 3.8) is 0 Å². The summed E-state index contributed by atoms with van der Waals surface area (Å²) < 4.78 is 15.0. The number of methoxy groups -OCH3 is 2. The van der Waals surface area contributed by atoms with Crippen molar-refractivity contribution in [2.24, 2.45) is 0 Å². The zero-order valence-electron chi connectivity index (χ0n) is 13.4. The van der Waals surface area contributed by atoms with E-state index in [0.29, 0.717) is 10.7 Å². The van der Waals surface area contributed by atoms with E-state index in [-0.39, 0.29) is 24.6 Å². The number of nitrogens with zero attached hydrogens (tertiary/aromatic N) is 1. The van der Waals surface area contributed by atoms with E-state index < -0.39 is 11.9 Å². The fraction of sp³-hybridized carbons (Fsp3) is 0.375. The van der Waals surface area contributed by atoms with Gasteiger partial charge in [0, 0.05) is 0 Å². The Bertz CT molecular complexity index is 683. The quantitative estimate of drug-likeness (QED) is 0.788. The number of benzene rings is 1. The second kappa shape index (κ2) is 7.02. The molecule has 0 aromatic heterocycles. The lowest BCUT2D eigenvalue weighted by atomic mass is 10.1. The molecule has 0 saturated heterocycles. The molecule has 0 radical (unpaired) electrons. The molecule has 6 nitrogen and oxygen atoms in total. The molecule has 23 heavy (non-hydrogen) atoms. The Labute approximate surface area is 139 Å². The Morgan fingerprint density at radius 3 is 2.35 bits per heavy atom. The molecule has 1 aliphatic rings. The topological polar surface area (TPSA) is 65.1 Å². The lowest BCUT2D eigenvalue weighted by Crippen LogP contribution is -2.39. The summed E-state index contributed by atoms with van der Waals surface area (Å²) in [6.45, 7) is 3.92. The van der Waals surface area contributed by atoms with Crippen molar-refractivity contribution in [3.05, 3.63) is 39.6 Å². The Morgan fingerprint density at radius 1 is 1.13 bits per heavy atom. The van der Waals surface area contributed by atoms with E-state index in [0.717, 1.165) is 11.1 Å². The molecule has 124 valence electrons. The maximum atomic E-state index is 12.2. The highest BCUT2D eigenvalue weighted by atomic mass is 35.5. The summed E-state index contributed by atoms with van der Waals surface area (Å²) in [5.41, 5.74) is 2.76. The Hall–Kier alpha value is -2.05. The molecule has 0 aliphatic carbocycles. The lowest BCUT2D eigenvalue weighted by molar-refractivity contribution is -0.140. The van der Waals surface area contributed by atoms with Crippen molar-refractivity contribution in [3.8, 4) is 0 Å². The molecule has 0 atom stereocenters. The third kappa shape index (κ3) is 3.33. The minimum absolute atomic E-state index is 0.0317. The monoisotopic (exact) mass is 339 g/mol. The number of ether oxygens (including phenoxy) is 3. The maximum absolute atomic E-state index is 12.2. The minimum atomic E-state index is -0.650. The zero-order valence-corrected chi connectivity index (χ0v) is 14.2. The van der Waals surface area contributed by atoms with Crippen LogP contribution >= 0.6 is 11.6 Å². The molecule has 0 amide bonds. The van der Waals surface area contributed by atoms with Gasteiger partial charge in [0.1, 0.15) is 12.4 Å². The Morgan fingerprint density at radius 2 is 1.74 bits per heavy atom. The van der Waals surface area contributed by atoms with Crippen LogP contribution in [0.2, 0.25) is 5.02 Å². The zero-order chi connectivity index (χ0) is 17.1. The number of carbonyl (C=O) groups is 2. The molecule has 7 heteroatoms. The summed E-state index contributed by atoms with van der Waals surface area (Å²) in [4.78, 5) is 25.7. The van der Waals surface area contributed by atoms with Crippen molar-refractivity contribution in [1.82, 2.24) is 0 Å². The van der Waals surface area contributed by atoms with Crippen molar-refractivity contribution >= 4 is 29.2 Å². The first-order chi connectivity index (χ1) is 10.9. The van der Waals surface area contributed by atoms with Gasteiger partial charge in [0.15, 0.2) is 0 Å². The fourth-order valence-electron chi connectivity index (χ4n) is 2.31. The number of hydrogen-bond acceptors (Lipinski definition) is 6. The van der Waals surface area contributed by atoms with E-state index in [1.807, 2.05) is 19.9 Å². The number of esters is 2. The summed E-state index contributed by atoms with van der Waals surface area (Å²) in [5.74, 6) is -1.29. The summed E-state index contributed by atoms with van der Waals surface area (Å²) in [6.07, 6.45) is 0. The molecule has 0 spiro atoms. The summed E-state index contributed by atoms with van der Waals surface area (Å²) >= 11 is 6.32. The number of halogens is 1. The normalized spacial score (nSPS) is 14.7. The van der Waals surface area contributed by atoms with Gasteiger partial charge in [-0.2, -0.15) is 0 Å². The van der Waals surface area contributed by atoms with Gasteiger partial charge in [0.2, 0.25) is 0 Å². The van der Waals surface area contributed by atoms with Crippen LogP contribution in [0.15, 0.2) is 23.4 Å². The van der Waals surface area contributed by atoms with Crippen LogP contribution in [0, 0.1) is 13.8 Å². The highest BCUT2D eigenvalue weighted by Crippen LogP contribution is 2.34. The summed E-state index contributed by atoms with van der Waals surface area (Å²) in [7, 11) is 2.49. The lowest BCUT2D eigenvalue weighted by Gasteiger charge is -2.32. The number of aryl methyl sites for hydroxylation is 2. The van der Waals surface area contributed by atoms with E-state index in [9.17, 15) is 9.59 Å². The first-order valence-electron chi connectivity index (χ1n) is 6.92. The smallest absolute Gasteiger partial charge is 0.355 e. The van der Waals surface area contributed by atoms with E-state index in [1.54, 1.807) is 6.07 Å². The van der Waals surface area contributed by atoms with Crippen LogP contribution in [0.4, 0.5) is 5.69 Å². The molecule has 0 saturated carbocycles. The second-order valence-electron chi connectivity index (χ2n) is 5.10. The molecule has 0 unspecified atom stereocenters. The van der Waals surface area contributed by atoms with Gasteiger partial charge in [-0.05, 0) is 37.1 Å². The number of carbonyl (C=O) groups excluding carboxylic acids is 2. The first-order valence-corrected chi connectivity index (χ1v) is 7.30. The average Bonchev–Trinajstić information content (AvgIpc) is 2.56. The van der Waals surface area contributed by atoms with Gasteiger partial charge in [-0.1, -0.05) is 11.6 Å². The Balaban J connectivity index is 2.62. The molecule has 1 aromatic carbocycles. The Kier molecular flexibility index (Phi) is 5.28. The maximum Gasteiger partial charge on any atom is 0.355 e. The molecular formula is C16H18ClNO5. The summed E-state index contributed by atoms with van der Waals surface area (Å²) in [6, 6.07) is 3.64. The first kappa shape index (κ1) is 17.3. The highest BCUT2D eigenvalue weighted by Gasteiger charge is 2.33. The van der Waals surface area contributed by atoms with Gasteiger partial charge in [0.25, 0.3) is 0 Å². The van der Waals surface area contributed by atoms with Crippen LogP contribution in [-0.2, 0) is 23.8 Å². The van der Waals surface area contributed by atoms with Crippen LogP contribution in [0.1, 0.15) is 11.1 Å². The van der Waals surface area contributed by atoms with Gasteiger partial charge in [0.05, 0.1) is 37.1 Å². The minimum Gasteiger partial charge on any atom is -0.466 e. The fourth-order valence-corrected chi connectivity index (χ4v) is 2.63. The largest absolute Gasteiger partial charge is 0.466 e. The number of rotatable bonds is 3. The van der Waals surface area contributed by atoms with E-state index in [4.69, 9.17) is 25.8 Å². The highest BCUT2D eigenvalue weighted by molar-refractivity contribution is 6.33. The molecule has 1 aromatic rings. The molecule has 1 heterocycles.